The maximum atomic E-state index is 12.3. The molecule has 102 valence electrons. The summed E-state index contributed by atoms with van der Waals surface area (Å²) in [6, 6.07) is 7.68. The van der Waals surface area contributed by atoms with Gasteiger partial charge in [-0.2, -0.15) is 0 Å². The number of ketones is 2. The van der Waals surface area contributed by atoms with Crippen molar-refractivity contribution in [2.45, 2.75) is 26.7 Å². The Morgan fingerprint density at radius 1 is 1.37 bits per heavy atom. The minimum absolute atomic E-state index is 0.110. The van der Waals surface area contributed by atoms with Crippen LogP contribution >= 0.6 is 0 Å². The van der Waals surface area contributed by atoms with Crippen LogP contribution in [0.5, 0.6) is 0 Å². The van der Waals surface area contributed by atoms with Gasteiger partial charge in [0, 0.05) is 31.0 Å². The summed E-state index contributed by atoms with van der Waals surface area (Å²) >= 11 is 0. The molecule has 0 spiro atoms. The van der Waals surface area contributed by atoms with Crippen molar-refractivity contribution in [1.29, 1.82) is 0 Å². The zero-order chi connectivity index (χ0) is 13.8. The molecule has 1 heterocycles. The van der Waals surface area contributed by atoms with Crippen LogP contribution in [0.25, 0.3) is 0 Å². The molecule has 0 aromatic heterocycles. The number of hydrogen-bond acceptors (Lipinski definition) is 3. The van der Waals surface area contributed by atoms with Crippen molar-refractivity contribution in [1.82, 2.24) is 4.90 Å². The van der Waals surface area contributed by atoms with Crippen molar-refractivity contribution in [3.63, 3.8) is 0 Å². The van der Waals surface area contributed by atoms with Gasteiger partial charge >= 0.3 is 0 Å². The number of carbonyl (C=O) groups is 2. The number of Topliss-reactive ketones (excluding diaryl/α,β-unsaturated/α-hetero) is 2. The van der Waals surface area contributed by atoms with Crippen LogP contribution in [-0.2, 0) is 4.79 Å². The fourth-order valence-electron chi connectivity index (χ4n) is 2.65. The van der Waals surface area contributed by atoms with Gasteiger partial charge in [0.05, 0.1) is 6.54 Å². The first-order valence-electron chi connectivity index (χ1n) is 6.95. The third kappa shape index (κ3) is 3.29. The normalized spacial score (nSPS) is 20.5. The zero-order valence-electron chi connectivity index (χ0n) is 11.7. The predicted octanol–water partition coefficient (Wildman–Crippen LogP) is 2.48. The van der Waals surface area contributed by atoms with Crippen molar-refractivity contribution in [2.75, 3.05) is 19.6 Å². The van der Waals surface area contributed by atoms with E-state index in [1.54, 1.807) is 0 Å². The van der Waals surface area contributed by atoms with Gasteiger partial charge in [0.25, 0.3) is 0 Å². The van der Waals surface area contributed by atoms with E-state index in [4.69, 9.17) is 0 Å². The second-order valence-corrected chi connectivity index (χ2v) is 5.29. The number of hydrogen-bond donors (Lipinski definition) is 0. The van der Waals surface area contributed by atoms with E-state index in [0.717, 1.165) is 24.1 Å². The van der Waals surface area contributed by atoms with Gasteiger partial charge in [-0.3, -0.25) is 14.5 Å². The lowest BCUT2D eigenvalue weighted by Gasteiger charge is -2.30. The SMILES string of the molecule is CCC1CN(CC(=O)c2ccccc2C)CCC1=O. The molecule has 3 nitrogen and oxygen atoms in total. The van der Waals surface area contributed by atoms with Crippen LogP contribution in [0.15, 0.2) is 24.3 Å². The number of carbonyl (C=O) groups excluding carboxylic acids is 2. The second-order valence-electron chi connectivity index (χ2n) is 5.29. The molecule has 1 aliphatic heterocycles. The fraction of sp³-hybridized carbons (Fsp3) is 0.500. The Labute approximate surface area is 114 Å². The largest absolute Gasteiger partial charge is 0.299 e. The van der Waals surface area contributed by atoms with Crippen molar-refractivity contribution in [3.05, 3.63) is 35.4 Å². The first kappa shape index (κ1) is 13.9. The van der Waals surface area contributed by atoms with Gasteiger partial charge in [-0.15, -0.1) is 0 Å². The summed E-state index contributed by atoms with van der Waals surface area (Å²) in [5.41, 5.74) is 1.82. The lowest BCUT2D eigenvalue weighted by atomic mass is 9.93. The summed E-state index contributed by atoms with van der Waals surface area (Å²) < 4.78 is 0. The van der Waals surface area contributed by atoms with Gasteiger partial charge in [0.1, 0.15) is 5.78 Å². The molecule has 1 fully saturated rings. The summed E-state index contributed by atoms with van der Waals surface area (Å²) in [5, 5.41) is 0. The van der Waals surface area contributed by atoms with E-state index in [1.165, 1.54) is 0 Å². The molecule has 0 bridgehead atoms. The number of piperidine rings is 1. The highest BCUT2D eigenvalue weighted by Gasteiger charge is 2.27. The standard InChI is InChI=1S/C16H21NO2/c1-3-13-10-17(9-8-15(13)18)11-16(19)14-7-5-4-6-12(14)2/h4-7,13H,3,8-11H2,1-2H3. The molecule has 0 radical (unpaired) electrons. The van der Waals surface area contributed by atoms with Crippen LogP contribution < -0.4 is 0 Å². The van der Waals surface area contributed by atoms with E-state index in [-0.39, 0.29) is 11.7 Å². The highest BCUT2D eigenvalue weighted by Crippen LogP contribution is 2.17. The molecule has 1 aromatic rings. The molecule has 2 rings (SSSR count). The molecule has 0 amide bonds. The first-order valence-corrected chi connectivity index (χ1v) is 6.95. The van der Waals surface area contributed by atoms with Crippen molar-refractivity contribution >= 4 is 11.6 Å². The Hall–Kier alpha value is -1.48. The van der Waals surface area contributed by atoms with E-state index in [2.05, 4.69) is 4.90 Å². The van der Waals surface area contributed by atoms with Crippen molar-refractivity contribution in [2.24, 2.45) is 5.92 Å². The average Bonchev–Trinajstić information content (AvgIpc) is 2.41. The summed E-state index contributed by atoms with van der Waals surface area (Å²) in [7, 11) is 0. The highest BCUT2D eigenvalue weighted by molar-refractivity contribution is 5.99. The van der Waals surface area contributed by atoms with Crippen LogP contribution in [0.4, 0.5) is 0 Å². The predicted molar refractivity (Wildman–Crippen MR) is 75.4 cm³/mol. The van der Waals surface area contributed by atoms with Crippen LogP contribution in [0.3, 0.4) is 0 Å². The van der Waals surface area contributed by atoms with Crippen molar-refractivity contribution < 1.29 is 9.59 Å². The molecule has 0 saturated carbocycles. The monoisotopic (exact) mass is 259 g/mol. The second kappa shape index (κ2) is 6.11. The molecule has 1 atom stereocenters. The van der Waals surface area contributed by atoms with Crippen LogP contribution in [0, 0.1) is 12.8 Å². The molecular weight excluding hydrogens is 238 g/mol. The molecule has 3 heteroatoms. The Bertz CT molecular complexity index is 481. The van der Waals surface area contributed by atoms with Gasteiger partial charge in [-0.1, -0.05) is 31.2 Å². The lowest BCUT2D eigenvalue weighted by molar-refractivity contribution is -0.126. The lowest BCUT2D eigenvalue weighted by Crippen LogP contribution is -2.43. The number of benzene rings is 1. The van der Waals surface area contributed by atoms with E-state index >= 15 is 0 Å². The van der Waals surface area contributed by atoms with Crippen molar-refractivity contribution in [3.8, 4) is 0 Å². The average molecular weight is 259 g/mol. The van der Waals surface area contributed by atoms with Gasteiger partial charge < -0.3 is 0 Å². The minimum atomic E-state index is 0.110. The third-order valence-corrected chi connectivity index (χ3v) is 3.91. The minimum Gasteiger partial charge on any atom is -0.299 e. The summed E-state index contributed by atoms with van der Waals surface area (Å²) in [5.74, 6) is 0.614. The van der Waals surface area contributed by atoms with E-state index in [1.807, 2.05) is 38.1 Å². The Kier molecular flexibility index (Phi) is 4.48. The molecule has 0 aliphatic carbocycles. The number of aryl methyl sites for hydroxylation is 1. The summed E-state index contributed by atoms with van der Waals surface area (Å²) in [6.45, 7) is 5.87. The highest BCUT2D eigenvalue weighted by atomic mass is 16.1. The molecule has 1 aliphatic rings. The third-order valence-electron chi connectivity index (χ3n) is 3.91. The number of nitrogens with zero attached hydrogens (tertiary/aromatic N) is 1. The van der Waals surface area contributed by atoms with Gasteiger partial charge in [0.2, 0.25) is 0 Å². The van der Waals surface area contributed by atoms with Crippen LogP contribution in [-0.4, -0.2) is 36.1 Å². The Balaban J connectivity index is 2.00. The zero-order valence-corrected chi connectivity index (χ0v) is 11.7. The van der Waals surface area contributed by atoms with E-state index < -0.39 is 0 Å². The molecular formula is C16H21NO2. The number of rotatable bonds is 4. The molecule has 1 aromatic carbocycles. The van der Waals surface area contributed by atoms with E-state index in [0.29, 0.717) is 25.3 Å². The fourth-order valence-corrected chi connectivity index (χ4v) is 2.65. The first-order chi connectivity index (χ1) is 9.11. The Morgan fingerprint density at radius 2 is 2.11 bits per heavy atom. The smallest absolute Gasteiger partial charge is 0.177 e. The number of likely N-dealkylation sites (tertiary alicyclic amines) is 1. The molecule has 1 saturated heterocycles. The topological polar surface area (TPSA) is 37.4 Å². The van der Waals surface area contributed by atoms with Gasteiger partial charge in [-0.25, -0.2) is 0 Å². The summed E-state index contributed by atoms with van der Waals surface area (Å²) in [6.07, 6.45) is 1.45. The van der Waals surface area contributed by atoms with Gasteiger partial charge in [-0.05, 0) is 18.9 Å². The molecule has 0 N–H and O–H groups in total. The maximum absolute atomic E-state index is 12.3. The van der Waals surface area contributed by atoms with Crippen LogP contribution in [0.1, 0.15) is 35.7 Å². The van der Waals surface area contributed by atoms with E-state index in [9.17, 15) is 9.59 Å². The molecule has 19 heavy (non-hydrogen) atoms. The molecule has 1 unspecified atom stereocenters. The Morgan fingerprint density at radius 3 is 2.79 bits per heavy atom. The maximum Gasteiger partial charge on any atom is 0.177 e. The van der Waals surface area contributed by atoms with Crippen LogP contribution in [0.2, 0.25) is 0 Å². The summed E-state index contributed by atoms with van der Waals surface area (Å²) in [4.78, 5) is 26.1. The quantitative estimate of drug-likeness (QED) is 0.780. The van der Waals surface area contributed by atoms with Gasteiger partial charge in [0.15, 0.2) is 5.78 Å².